The maximum atomic E-state index is 5.34. The molecule has 0 N–H and O–H groups in total. The first-order chi connectivity index (χ1) is 6.66. The molecule has 1 heterocycles. The fourth-order valence-corrected chi connectivity index (χ4v) is 1.62. The maximum absolute atomic E-state index is 5.34. The number of ether oxygens (including phenoxy) is 1. The second kappa shape index (κ2) is 5.78. The highest BCUT2D eigenvalue weighted by molar-refractivity contribution is 9.10. The molecule has 0 fully saturated rings. The van der Waals surface area contributed by atoms with Crippen molar-refractivity contribution in [1.29, 1.82) is 0 Å². The van der Waals surface area contributed by atoms with E-state index >= 15 is 0 Å². The van der Waals surface area contributed by atoms with Crippen LogP contribution in [0.3, 0.4) is 0 Å². The van der Waals surface area contributed by atoms with E-state index < -0.39 is 0 Å². The van der Waals surface area contributed by atoms with E-state index in [0.29, 0.717) is 13.2 Å². The molecule has 0 bridgehead atoms. The molecule has 1 aromatic heterocycles. The molecule has 14 heavy (non-hydrogen) atoms. The molecule has 0 aliphatic carbocycles. The molecule has 0 aromatic carbocycles. The number of aryl methyl sites for hydroxylation is 1. The van der Waals surface area contributed by atoms with Gasteiger partial charge < -0.3 is 4.74 Å². The molecule has 0 radical (unpaired) electrons. The van der Waals surface area contributed by atoms with Crippen molar-refractivity contribution in [3.63, 3.8) is 0 Å². The van der Waals surface area contributed by atoms with Gasteiger partial charge in [0.15, 0.2) is 0 Å². The molecule has 0 spiro atoms. The van der Waals surface area contributed by atoms with Crippen LogP contribution in [0.1, 0.15) is 11.4 Å². The third-order valence-corrected chi connectivity index (χ3v) is 3.31. The predicted molar refractivity (Wildman–Crippen MR) is 64.1 cm³/mol. The van der Waals surface area contributed by atoms with Crippen molar-refractivity contribution in [2.75, 3.05) is 19.0 Å². The summed E-state index contributed by atoms with van der Waals surface area (Å²) in [6.45, 7) is 6.22. The second-order valence-electron chi connectivity index (χ2n) is 3.04. The molecule has 0 aliphatic heterocycles. The van der Waals surface area contributed by atoms with Gasteiger partial charge >= 0.3 is 0 Å². The summed E-state index contributed by atoms with van der Waals surface area (Å²) in [7, 11) is 0. The number of rotatable bonds is 5. The van der Waals surface area contributed by atoms with Crippen molar-refractivity contribution in [3.8, 4) is 0 Å². The molecule has 0 aliphatic rings. The highest BCUT2D eigenvalue weighted by Crippen LogP contribution is 2.19. The average Bonchev–Trinajstić information content (AvgIpc) is 2.41. The minimum Gasteiger partial charge on any atom is -0.379 e. The molecule has 0 amide bonds. The molecule has 1 aromatic rings. The van der Waals surface area contributed by atoms with Crippen molar-refractivity contribution < 1.29 is 4.74 Å². The highest BCUT2D eigenvalue weighted by Gasteiger charge is 2.07. The van der Waals surface area contributed by atoms with Gasteiger partial charge in [0.25, 0.3) is 0 Å². The first-order valence-corrected chi connectivity index (χ1v) is 5.97. The number of hydrogen-bond acceptors (Lipinski definition) is 3. The normalized spacial score (nSPS) is 10.9. The average molecular weight is 279 g/mol. The zero-order valence-corrected chi connectivity index (χ0v) is 10.9. The number of aromatic nitrogens is 2. The smallest absolute Gasteiger partial charge is 0.0738 e. The minimum atomic E-state index is 0.689. The van der Waals surface area contributed by atoms with Crippen LogP contribution in [0, 0.1) is 13.8 Å². The molecule has 5 heteroatoms. The van der Waals surface area contributed by atoms with E-state index in [4.69, 9.17) is 4.74 Å². The largest absolute Gasteiger partial charge is 0.379 e. The Balaban J connectivity index is 2.47. The standard InChI is InChI=1S/C9H15BrN2OS/c1-7-9(10)8(2)12(11-7)3-4-13-5-6-14/h14H,3-6H2,1-2H3. The van der Waals surface area contributed by atoms with E-state index in [-0.39, 0.29) is 0 Å². The van der Waals surface area contributed by atoms with Crippen LogP contribution in [0.25, 0.3) is 0 Å². The third kappa shape index (κ3) is 3.00. The van der Waals surface area contributed by atoms with E-state index in [1.807, 2.05) is 18.5 Å². The summed E-state index contributed by atoms with van der Waals surface area (Å²) in [4.78, 5) is 0. The fraction of sp³-hybridized carbons (Fsp3) is 0.667. The third-order valence-electron chi connectivity index (χ3n) is 1.98. The zero-order chi connectivity index (χ0) is 10.6. The van der Waals surface area contributed by atoms with Crippen LogP contribution in [0.5, 0.6) is 0 Å². The number of thiol groups is 1. The monoisotopic (exact) mass is 278 g/mol. The molecule has 3 nitrogen and oxygen atoms in total. The fourth-order valence-electron chi connectivity index (χ4n) is 1.21. The van der Waals surface area contributed by atoms with Gasteiger partial charge in [0.1, 0.15) is 0 Å². The van der Waals surface area contributed by atoms with Crippen molar-refractivity contribution in [2.45, 2.75) is 20.4 Å². The van der Waals surface area contributed by atoms with Crippen LogP contribution in [0.2, 0.25) is 0 Å². The Labute approximate surface area is 98.4 Å². The molecular weight excluding hydrogens is 264 g/mol. The first kappa shape index (κ1) is 12.1. The van der Waals surface area contributed by atoms with Gasteiger partial charge in [-0.2, -0.15) is 17.7 Å². The second-order valence-corrected chi connectivity index (χ2v) is 4.28. The van der Waals surface area contributed by atoms with Gasteiger partial charge in [-0.05, 0) is 29.8 Å². The van der Waals surface area contributed by atoms with E-state index in [9.17, 15) is 0 Å². The lowest BCUT2D eigenvalue weighted by molar-refractivity contribution is 0.138. The lowest BCUT2D eigenvalue weighted by Crippen LogP contribution is -2.10. The van der Waals surface area contributed by atoms with E-state index in [0.717, 1.165) is 28.2 Å². The first-order valence-electron chi connectivity index (χ1n) is 4.55. The maximum Gasteiger partial charge on any atom is 0.0738 e. The molecule has 1 rings (SSSR count). The molecule has 0 atom stereocenters. The van der Waals surface area contributed by atoms with Gasteiger partial charge in [0.2, 0.25) is 0 Å². The Morgan fingerprint density at radius 2 is 2.14 bits per heavy atom. The summed E-state index contributed by atoms with van der Waals surface area (Å²) in [5.74, 6) is 0.765. The summed E-state index contributed by atoms with van der Waals surface area (Å²) in [6.07, 6.45) is 0. The number of hydrogen-bond donors (Lipinski definition) is 1. The molecule has 80 valence electrons. The van der Waals surface area contributed by atoms with Crippen LogP contribution in [0.15, 0.2) is 4.47 Å². The molecule has 0 unspecified atom stereocenters. The van der Waals surface area contributed by atoms with Crippen LogP contribution in [-0.4, -0.2) is 28.7 Å². The van der Waals surface area contributed by atoms with E-state index in [1.165, 1.54) is 0 Å². The van der Waals surface area contributed by atoms with E-state index in [1.54, 1.807) is 0 Å². The summed E-state index contributed by atoms with van der Waals surface area (Å²) < 4.78 is 8.38. The topological polar surface area (TPSA) is 27.1 Å². The Kier molecular flexibility index (Phi) is 4.98. The summed E-state index contributed by atoms with van der Waals surface area (Å²) in [5.41, 5.74) is 2.17. The summed E-state index contributed by atoms with van der Waals surface area (Å²) >= 11 is 7.55. The van der Waals surface area contributed by atoms with E-state index in [2.05, 4.69) is 33.7 Å². The lowest BCUT2D eigenvalue weighted by Gasteiger charge is -2.04. The Morgan fingerprint density at radius 3 is 2.64 bits per heavy atom. The van der Waals surface area contributed by atoms with Crippen LogP contribution in [-0.2, 0) is 11.3 Å². The Bertz CT molecular complexity index is 301. The van der Waals surface area contributed by atoms with Crippen LogP contribution >= 0.6 is 28.6 Å². The van der Waals surface area contributed by atoms with Crippen LogP contribution in [0.4, 0.5) is 0 Å². The van der Waals surface area contributed by atoms with Crippen molar-refractivity contribution in [3.05, 3.63) is 15.9 Å². The molecule has 0 saturated carbocycles. The van der Waals surface area contributed by atoms with Gasteiger partial charge in [-0.25, -0.2) is 0 Å². The Hall–Kier alpha value is -0.000000000000000111. The number of halogens is 1. The Morgan fingerprint density at radius 1 is 1.43 bits per heavy atom. The van der Waals surface area contributed by atoms with Crippen LogP contribution < -0.4 is 0 Å². The zero-order valence-electron chi connectivity index (χ0n) is 8.46. The van der Waals surface area contributed by atoms with Crippen molar-refractivity contribution in [1.82, 2.24) is 9.78 Å². The van der Waals surface area contributed by atoms with Gasteiger partial charge in [0.05, 0.1) is 29.9 Å². The SMILES string of the molecule is Cc1nn(CCOCCS)c(C)c1Br. The quantitative estimate of drug-likeness (QED) is 0.661. The summed E-state index contributed by atoms with van der Waals surface area (Å²) in [6, 6.07) is 0. The minimum absolute atomic E-state index is 0.689. The number of nitrogens with zero attached hydrogens (tertiary/aromatic N) is 2. The summed E-state index contributed by atoms with van der Waals surface area (Å²) in [5, 5.41) is 4.38. The lowest BCUT2D eigenvalue weighted by atomic mass is 10.4. The molecular formula is C9H15BrN2OS. The van der Waals surface area contributed by atoms with Crippen molar-refractivity contribution in [2.24, 2.45) is 0 Å². The molecule has 0 saturated heterocycles. The van der Waals surface area contributed by atoms with Gasteiger partial charge in [-0.1, -0.05) is 0 Å². The van der Waals surface area contributed by atoms with Crippen molar-refractivity contribution >= 4 is 28.6 Å². The van der Waals surface area contributed by atoms with Gasteiger partial charge in [-0.15, -0.1) is 0 Å². The predicted octanol–water partition coefficient (Wildman–Crippen LogP) is 2.21. The highest BCUT2D eigenvalue weighted by atomic mass is 79.9. The van der Waals surface area contributed by atoms with Gasteiger partial charge in [0, 0.05) is 11.4 Å². The van der Waals surface area contributed by atoms with Gasteiger partial charge in [-0.3, -0.25) is 4.68 Å².